The fourth-order valence-corrected chi connectivity index (χ4v) is 2.66. The van der Waals surface area contributed by atoms with E-state index in [1.54, 1.807) is 0 Å². The Morgan fingerprint density at radius 2 is 1.88 bits per heavy atom. The molecule has 1 aliphatic rings. The lowest BCUT2D eigenvalue weighted by atomic mass is 9.98. The fourth-order valence-electron chi connectivity index (χ4n) is 2.66. The minimum atomic E-state index is -4.40. The Bertz CT molecular complexity index is 700. The van der Waals surface area contributed by atoms with Crippen molar-refractivity contribution in [2.75, 3.05) is 24.6 Å². The van der Waals surface area contributed by atoms with E-state index in [1.165, 1.54) is 18.5 Å². The van der Waals surface area contributed by atoms with E-state index in [-0.39, 0.29) is 11.8 Å². The Hall–Kier alpha value is -2.45. The molecule has 9 heteroatoms. The van der Waals surface area contributed by atoms with E-state index in [4.69, 9.17) is 4.74 Å². The van der Waals surface area contributed by atoms with E-state index < -0.39 is 17.7 Å². The number of hydrogen-bond acceptors (Lipinski definition) is 5. The molecule has 0 amide bonds. The minimum Gasteiger partial charge on any atom is -0.477 e. The van der Waals surface area contributed by atoms with Crippen molar-refractivity contribution >= 4 is 5.82 Å². The molecule has 0 atom stereocenters. The highest BCUT2D eigenvalue weighted by molar-refractivity contribution is 5.37. The Labute approximate surface area is 141 Å². The molecule has 0 radical (unpaired) electrons. The summed E-state index contributed by atoms with van der Waals surface area (Å²) in [5, 5.41) is 0. The van der Waals surface area contributed by atoms with Crippen molar-refractivity contribution in [3.8, 4) is 5.88 Å². The summed E-state index contributed by atoms with van der Waals surface area (Å²) in [4.78, 5) is 13.1. The number of halogens is 4. The van der Waals surface area contributed by atoms with Crippen LogP contribution in [0.25, 0.3) is 0 Å². The van der Waals surface area contributed by atoms with Gasteiger partial charge in [-0.25, -0.2) is 15.0 Å². The lowest BCUT2D eigenvalue weighted by molar-refractivity contribution is -0.137. The van der Waals surface area contributed by atoms with Gasteiger partial charge in [0.05, 0.1) is 12.2 Å². The molecule has 0 bridgehead atoms. The van der Waals surface area contributed by atoms with Gasteiger partial charge >= 0.3 is 6.18 Å². The first kappa shape index (κ1) is 17.4. The van der Waals surface area contributed by atoms with Gasteiger partial charge in [-0.2, -0.15) is 17.6 Å². The number of hydrogen-bond donors (Lipinski definition) is 0. The van der Waals surface area contributed by atoms with Gasteiger partial charge in [-0.05, 0) is 24.8 Å². The second-order valence-corrected chi connectivity index (χ2v) is 5.82. The summed E-state index contributed by atoms with van der Waals surface area (Å²) in [6.07, 6.45) is -0.824. The van der Waals surface area contributed by atoms with Crippen molar-refractivity contribution in [1.29, 1.82) is 0 Å². The van der Waals surface area contributed by atoms with Crippen LogP contribution in [0.3, 0.4) is 0 Å². The zero-order valence-corrected chi connectivity index (χ0v) is 13.2. The van der Waals surface area contributed by atoms with Crippen LogP contribution in [0, 0.1) is 11.9 Å². The largest absolute Gasteiger partial charge is 0.477 e. The highest BCUT2D eigenvalue weighted by Gasteiger charge is 2.30. The maximum atomic E-state index is 13.1. The molecule has 5 nitrogen and oxygen atoms in total. The summed E-state index contributed by atoms with van der Waals surface area (Å²) >= 11 is 0. The molecule has 0 saturated carbocycles. The van der Waals surface area contributed by atoms with Gasteiger partial charge in [0.15, 0.2) is 0 Å². The second-order valence-electron chi connectivity index (χ2n) is 5.82. The molecule has 2 aromatic rings. The number of rotatable bonds is 4. The molecule has 0 aliphatic carbocycles. The molecule has 1 aliphatic heterocycles. The Kier molecular flexibility index (Phi) is 5.00. The average Bonchev–Trinajstić information content (AvgIpc) is 2.60. The molecule has 3 rings (SSSR count). The quantitative estimate of drug-likeness (QED) is 0.621. The van der Waals surface area contributed by atoms with Crippen molar-refractivity contribution in [1.82, 2.24) is 15.0 Å². The van der Waals surface area contributed by atoms with Gasteiger partial charge in [0.1, 0.15) is 12.1 Å². The van der Waals surface area contributed by atoms with Crippen LogP contribution in [-0.4, -0.2) is 34.6 Å². The summed E-state index contributed by atoms with van der Waals surface area (Å²) in [6, 6.07) is 3.47. The summed E-state index contributed by atoms with van der Waals surface area (Å²) in [6.45, 7) is 1.78. The molecule has 2 aromatic heterocycles. The Morgan fingerprint density at radius 1 is 1.12 bits per heavy atom. The van der Waals surface area contributed by atoms with Crippen LogP contribution >= 0.6 is 0 Å². The third-order valence-electron chi connectivity index (χ3n) is 4.09. The van der Waals surface area contributed by atoms with Crippen LogP contribution < -0.4 is 9.64 Å². The molecule has 134 valence electrons. The number of aromatic nitrogens is 3. The number of alkyl halides is 3. The van der Waals surface area contributed by atoms with E-state index >= 15 is 0 Å². The standard InChI is InChI=1S/C16H16F4N4O/c17-13-7-14(23-10-22-13)24-5-3-11(4-6-24)9-25-15-2-1-12(8-21-15)16(18,19)20/h1-2,7-8,10-11H,3-6,9H2. The number of piperidine rings is 1. The topological polar surface area (TPSA) is 51.1 Å². The van der Waals surface area contributed by atoms with Gasteiger partial charge < -0.3 is 9.64 Å². The highest BCUT2D eigenvalue weighted by Crippen LogP contribution is 2.29. The van der Waals surface area contributed by atoms with Crippen molar-refractivity contribution in [2.45, 2.75) is 19.0 Å². The summed E-state index contributed by atoms with van der Waals surface area (Å²) in [5.41, 5.74) is -0.801. The smallest absolute Gasteiger partial charge is 0.417 e. The highest BCUT2D eigenvalue weighted by atomic mass is 19.4. The lowest BCUT2D eigenvalue weighted by Gasteiger charge is -2.32. The Balaban J connectivity index is 1.48. The zero-order valence-electron chi connectivity index (χ0n) is 13.2. The monoisotopic (exact) mass is 356 g/mol. The Morgan fingerprint density at radius 3 is 2.48 bits per heavy atom. The SMILES string of the molecule is Fc1cc(N2CCC(COc3ccc(C(F)(F)F)cn3)CC2)ncn1. The van der Waals surface area contributed by atoms with Crippen molar-refractivity contribution in [2.24, 2.45) is 5.92 Å². The first-order valence-corrected chi connectivity index (χ1v) is 7.80. The molecule has 25 heavy (non-hydrogen) atoms. The lowest BCUT2D eigenvalue weighted by Crippen LogP contribution is -2.36. The zero-order chi connectivity index (χ0) is 17.9. The fraction of sp³-hybridized carbons (Fsp3) is 0.438. The number of ether oxygens (including phenoxy) is 1. The van der Waals surface area contributed by atoms with E-state index in [2.05, 4.69) is 15.0 Å². The van der Waals surface area contributed by atoms with E-state index in [0.717, 1.165) is 25.1 Å². The first-order chi connectivity index (χ1) is 11.9. The predicted octanol–water partition coefficient (Wildman–Crippen LogP) is 3.32. The number of anilines is 1. The van der Waals surface area contributed by atoms with Gasteiger partial charge in [-0.1, -0.05) is 0 Å². The molecular formula is C16H16F4N4O. The van der Waals surface area contributed by atoms with Crippen LogP contribution in [0.1, 0.15) is 18.4 Å². The number of nitrogens with zero attached hydrogens (tertiary/aromatic N) is 4. The van der Waals surface area contributed by atoms with Crippen LogP contribution in [-0.2, 0) is 6.18 Å². The molecule has 1 fully saturated rings. The van der Waals surface area contributed by atoms with Gasteiger partial charge in [0.2, 0.25) is 11.8 Å². The van der Waals surface area contributed by atoms with Crippen LogP contribution in [0.4, 0.5) is 23.4 Å². The molecule has 0 unspecified atom stereocenters. The van der Waals surface area contributed by atoms with Crippen LogP contribution in [0.15, 0.2) is 30.7 Å². The molecule has 3 heterocycles. The summed E-state index contributed by atoms with van der Waals surface area (Å²) in [7, 11) is 0. The van der Waals surface area contributed by atoms with Crippen LogP contribution in [0.5, 0.6) is 5.88 Å². The second kappa shape index (κ2) is 7.20. The van der Waals surface area contributed by atoms with E-state index in [0.29, 0.717) is 25.5 Å². The number of pyridine rings is 1. The maximum absolute atomic E-state index is 13.1. The normalized spacial score (nSPS) is 16.1. The van der Waals surface area contributed by atoms with Crippen molar-refractivity contribution in [3.05, 3.63) is 42.2 Å². The molecule has 0 spiro atoms. The molecule has 1 saturated heterocycles. The van der Waals surface area contributed by atoms with Crippen molar-refractivity contribution < 1.29 is 22.3 Å². The van der Waals surface area contributed by atoms with Gasteiger partial charge in [-0.15, -0.1) is 0 Å². The van der Waals surface area contributed by atoms with Crippen LogP contribution in [0.2, 0.25) is 0 Å². The average molecular weight is 356 g/mol. The third kappa shape index (κ3) is 4.55. The molecule has 0 aromatic carbocycles. The van der Waals surface area contributed by atoms with E-state index in [9.17, 15) is 17.6 Å². The van der Waals surface area contributed by atoms with Gasteiger partial charge in [0.25, 0.3) is 0 Å². The van der Waals surface area contributed by atoms with Gasteiger partial charge in [0, 0.05) is 31.4 Å². The predicted molar refractivity (Wildman–Crippen MR) is 81.7 cm³/mol. The molecular weight excluding hydrogens is 340 g/mol. The minimum absolute atomic E-state index is 0.174. The maximum Gasteiger partial charge on any atom is 0.417 e. The summed E-state index contributed by atoms with van der Waals surface area (Å²) < 4.78 is 56.1. The first-order valence-electron chi connectivity index (χ1n) is 7.80. The molecule has 0 N–H and O–H groups in total. The third-order valence-corrected chi connectivity index (χ3v) is 4.09. The van der Waals surface area contributed by atoms with Gasteiger partial charge in [-0.3, -0.25) is 0 Å². The van der Waals surface area contributed by atoms with E-state index in [1.807, 2.05) is 4.90 Å². The summed E-state index contributed by atoms with van der Waals surface area (Å²) in [5.74, 6) is 0.417. The van der Waals surface area contributed by atoms with Crippen molar-refractivity contribution in [3.63, 3.8) is 0 Å².